The minimum absolute atomic E-state index is 0.0249. The maximum atomic E-state index is 12.5. The number of hydrogen-bond donors (Lipinski definition) is 1. The molecule has 0 aromatic heterocycles. The van der Waals surface area contributed by atoms with Gasteiger partial charge in [0.15, 0.2) is 9.84 Å². The smallest absolute Gasteiger partial charge is 0.263 e. The van der Waals surface area contributed by atoms with Gasteiger partial charge in [0.2, 0.25) is 0 Å². The van der Waals surface area contributed by atoms with Crippen LogP contribution in [0, 0.1) is 0 Å². The van der Waals surface area contributed by atoms with Crippen LogP contribution >= 0.6 is 0 Å². The maximum absolute atomic E-state index is 12.5. The molecule has 0 bridgehead atoms. The average molecular weight is 349 g/mol. The van der Waals surface area contributed by atoms with E-state index < -0.39 is 15.7 Å². The summed E-state index contributed by atoms with van der Waals surface area (Å²) >= 11 is 0. The largest absolute Gasteiger partial charge is 0.496 e. The molecular formula is C17H19NO5S. The molecule has 7 heteroatoms. The molecule has 0 saturated heterocycles. The number of methoxy groups -OCH3 is 2. The minimum Gasteiger partial charge on any atom is -0.496 e. The van der Waals surface area contributed by atoms with Crippen molar-refractivity contribution in [3.8, 4) is 11.5 Å². The van der Waals surface area contributed by atoms with Gasteiger partial charge in [0, 0.05) is 5.69 Å². The lowest BCUT2D eigenvalue weighted by Gasteiger charge is -2.13. The fourth-order valence-electron chi connectivity index (χ4n) is 2.18. The molecular weight excluding hydrogens is 330 g/mol. The number of carbonyl (C=O) groups excluding carboxylic acids is 1. The number of carbonyl (C=O) groups is 1. The van der Waals surface area contributed by atoms with Crippen LogP contribution in [0.2, 0.25) is 0 Å². The lowest BCUT2D eigenvalue weighted by Crippen LogP contribution is -2.14. The second-order valence-corrected chi connectivity index (χ2v) is 7.20. The number of ether oxygens (including phenoxy) is 2. The Hall–Kier alpha value is -2.54. The monoisotopic (exact) mass is 349 g/mol. The van der Waals surface area contributed by atoms with Crippen LogP contribution < -0.4 is 14.8 Å². The van der Waals surface area contributed by atoms with E-state index in [0.29, 0.717) is 17.2 Å². The van der Waals surface area contributed by atoms with E-state index in [1.807, 2.05) is 0 Å². The molecule has 128 valence electrons. The zero-order valence-corrected chi connectivity index (χ0v) is 14.5. The Bertz CT molecular complexity index is 806. The van der Waals surface area contributed by atoms with Gasteiger partial charge in [-0.3, -0.25) is 4.79 Å². The Morgan fingerprint density at radius 2 is 1.54 bits per heavy atom. The third-order valence-corrected chi connectivity index (χ3v) is 5.26. The van der Waals surface area contributed by atoms with E-state index in [1.54, 1.807) is 37.3 Å². The fraction of sp³-hybridized carbons (Fsp3) is 0.235. The van der Waals surface area contributed by atoms with Crippen LogP contribution in [0.15, 0.2) is 47.4 Å². The summed E-state index contributed by atoms with van der Waals surface area (Å²) < 4.78 is 34.0. The second-order valence-electron chi connectivity index (χ2n) is 4.92. The average Bonchev–Trinajstić information content (AvgIpc) is 2.61. The molecule has 2 aromatic carbocycles. The van der Waals surface area contributed by atoms with Crippen LogP contribution in [0.4, 0.5) is 5.69 Å². The topological polar surface area (TPSA) is 81.7 Å². The van der Waals surface area contributed by atoms with Crippen molar-refractivity contribution >= 4 is 21.4 Å². The van der Waals surface area contributed by atoms with E-state index in [1.165, 1.54) is 26.4 Å². The predicted molar refractivity (Wildman–Crippen MR) is 91.7 cm³/mol. The SMILES string of the molecule is CCS(=O)(=O)c1ccc(NC(=O)c2c(OC)cccc2OC)cc1. The Morgan fingerprint density at radius 3 is 2.00 bits per heavy atom. The summed E-state index contributed by atoms with van der Waals surface area (Å²) in [7, 11) is -0.333. The van der Waals surface area contributed by atoms with Crippen molar-refractivity contribution in [3.63, 3.8) is 0 Å². The summed E-state index contributed by atoms with van der Waals surface area (Å²) in [6.45, 7) is 1.58. The molecule has 1 amide bonds. The van der Waals surface area contributed by atoms with Crippen LogP contribution in [0.1, 0.15) is 17.3 Å². The third-order valence-electron chi connectivity index (χ3n) is 3.51. The van der Waals surface area contributed by atoms with Gasteiger partial charge in [-0.05, 0) is 36.4 Å². The van der Waals surface area contributed by atoms with Crippen molar-refractivity contribution in [2.24, 2.45) is 0 Å². The van der Waals surface area contributed by atoms with Gasteiger partial charge in [0.25, 0.3) is 5.91 Å². The highest BCUT2D eigenvalue weighted by atomic mass is 32.2. The number of hydrogen-bond acceptors (Lipinski definition) is 5. The highest BCUT2D eigenvalue weighted by Gasteiger charge is 2.18. The van der Waals surface area contributed by atoms with Crippen molar-refractivity contribution in [2.45, 2.75) is 11.8 Å². The number of rotatable bonds is 6. The molecule has 0 aliphatic heterocycles. The molecule has 2 rings (SSSR count). The first-order valence-electron chi connectivity index (χ1n) is 7.28. The molecule has 0 unspecified atom stereocenters. The van der Waals surface area contributed by atoms with Crippen LogP contribution in [-0.2, 0) is 9.84 Å². The molecule has 0 aliphatic carbocycles. The molecule has 2 aromatic rings. The van der Waals surface area contributed by atoms with Gasteiger partial charge < -0.3 is 14.8 Å². The molecule has 0 heterocycles. The Morgan fingerprint density at radius 1 is 1.00 bits per heavy atom. The summed E-state index contributed by atoms with van der Waals surface area (Å²) in [5.41, 5.74) is 0.746. The van der Waals surface area contributed by atoms with E-state index in [9.17, 15) is 13.2 Å². The number of nitrogens with one attached hydrogen (secondary N) is 1. The van der Waals surface area contributed by atoms with Gasteiger partial charge in [-0.1, -0.05) is 13.0 Å². The van der Waals surface area contributed by atoms with Gasteiger partial charge >= 0.3 is 0 Å². The van der Waals surface area contributed by atoms with Gasteiger partial charge in [-0.2, -0.15) is 0 Å². The van der Waals surface area contributed by atoms with E-state index in [0.717, 1.165) is 0 Å². The van der Waals surface area contributed by atoms with Crippen molar-refractivity contribution in [3.05, 3.63) is 48.0 Å². The first-order valence-corrected chi connectivity index (χ1v) is 8.93. The van der Waals surface area contributed by atoms with Crippen molar-refractivity contribution in [1.82, 2.24) is 0 Å². The van der Waals surface area contributed by atoms with Crippen LogP contribution in [-0.4, -0.2) is 34.3 Å². The highest BCUT2D eigenvalue weighted by Crippen LogP contribution is 2.29. The van der Waals surface area contributed by atoms with Crippen LogP contribution in [0.3, 0.4) is 0 Å². The van der Waals surface area contributed by atoms with Gasteiger partial charge in [0.1, 0.15) is 17.1 Å². The summed E-state index contributed by atoms with van der Waals surface area (Å²) in [6.07, 6.45) is 0. The number of benzene rings is 2. The lowest BCUT2D eigenvalue weighted by atomic mass is 10.1. The van der Waals surface area contributed by atoms with E-state index in [-0.39, 0.29) is 16.2 Å². The quantitative estimate of drug-likeness (QED) is 0.867. The zero-order chi connectivity index (χ0) is 17.7. The van der Waals surface area contributed by atoms with Crippen molar-refractivity contribution < 1.29 is 22.7 Å². The molecule has 1 N–H and O–H groups in total. The Labute approximate surface area is 141 Å². The molecule has 6 nitrogen and oxygen atoms in total. The summed E-state index contributed by atoms with van der Waals surface area (Å²) in [5.74, 6) is 0.390. The second kappa shape index (κ2) is 7.35. The summed E-state index contributed by atoms with van der Waals surface area (Å²) in [5, 5.41) is 2.71. The normalized spacial score (nSPS) is 11.0. The zero-order valence-electron chi connectivity index (χ0n) is 13.7. The molecule has 0 saturated carbocycles. The molecule has 24 heavy (non-hydrogen) atoms. The molecule has 0 spiro atoms. The standard InChI is InChI=1S/C17H19NO5S/c1-4-24(20,21)13-10-8-12(9-11-13)18-17(19)16-14(22-2)6-5-7-15(16)23-3/h5-11H,4H2,1-3H3,(H,18,19). The number of amides is 1. The highest BCUT2D eigenvalue weighted by molar-refractivity contribution is 7.91. The van der Waals surface area contributed by atoms with E-state index in [2.05, 4.69) is 5.32 Å². The minimum atomic E-state index is -3.27. The van der Waals surface area contributed by atoms with Crippen molar-refractivity contribution in [1.29, 1.82) is 0 Å². The maximum Gasteiger partial charge on any atom is 0.263 e. The summed E-state index contributed by atoms with van der Waals surface area (Å²) in [6, 6.07) is 11.1. The van der Waals surface area contributed by atoms with E-state index >= 15 is 0 Å². The Balaban J connectivity index is 2.28. The summed E-state index contributed by atoms with van der Waals surface area (Å²) in [4.78, 5) is 12.7. The van der Waals surface area contributed by atoms with Crippen LogP contribution in [0.25, 0.3) is 0 Å². The van der Waals surface area contributed by atoms with Gasteiger partial charge in [-0.15, -0.1) is 0 Å². The van der Waals surface area contributed by atoms with Crippen molar-refractivity contribution in [2.75, 3.05) is 25.3 Å². The third kappa shape index (κ3) is 3.68. The lowest BCUT2D eigenvalue weighted by molar-refractivity contribution is 0.102. The molecule has 0 aliphatic rings. The molecule has 0 radical (unpaired) electrons. The predicted octanol–water partition coefficient (Wildman–Crippen LogP) is 2.75. The van der Waals surface area contributed by atoms with E-state index in [4.69, 9.17) is 9.47 Å². The fourth-order valence-corrected chi connectivity index (χ4v) is 3.06. The molecule has 0 atom stereocenters. The van der Waals surface area contributed by atoms with Gasteiger partial charge in [-0.25, -0.2) is 8.42 Å². The number of sulfone groups is 1. The molecule has 0 fully saturated rings. The van der Waals surface area contributed by atoms with Crippen LogP contribution in [0.5, 0.6) is 11.5 Å². The first kappa shape index (κ1) is 17.8. The first-order chi connectivity index (χ1) is 11.4. The Kier molecular flexibility index (Phi) is 5.46. The number of anilines is 1. The van der Waals surface area contributed by atoms with Gasteiger partial charge in [0.05, 0.1) is 24.9 Å².